The van der Waals surface area contributed by atoms with E-state index in [1.165, 1.54) is 54.6 Å². The minimum Gasteiger partial charge on any atom is -0.379 e. The summed E-state index contributed by atoms with van der Waals surface area (Å²) in [7, 11) is -4.19. The van der Waals surface area contributed by atoms with Crippen molar-refractivity contribution in [3.05, 3.63) is 93.5 Å². The van der Waals surface area contributed by atoms with E-state index in [4.69, 9.17) is 37.5 Å². The molecular formula is C23H13Cl2F3N2O4S. The van der Waals surface area contributed by atoms with Crippen LogP contribution in [0.1, 0.15) is 23.1 Å². The van der Waals surface area contributed by atoms with E-state index >= 15 is 0 Å². The highest BCUT2D eigenvalue weighted by atomic mass is 35.5. The van der Waals surface area contributed by atoms with Crippen LogP contribution in [0.25, 0.3) is 0 Å². The zero-order valence-corrected chi connectivity index (χ0v) is 19.7. The van der Waals surface area contributed by atoms with Crippen molar-refractivity contribution in [1.29, 1.82) is 5.26 Å². The number of nitriles is 1. The third-order valence-electron chi connectivity index (χ3n) is 5.18. The zero-order chi connectivity index (χ0) is 25.4. The van der Waals surface area contributed by atoms with Crippen molar-refractivity contribution in [2.45, 2.75) is 23.1 Å². The van der Waals surface area contributed by atoms with Crippen molar-refractivity contribution in [2.75, 3.05) is 0 Å². The standard InChI is InChI=1S/C23H13Cl2F3N2O4S/c24-17-9-16(10-18(25)11-17)22(23(26,27)28)12-21(30-34-22)15-3-5-19(6-4-15)33-35(31,32)20-7-1-14(13-29)2-8-20/h1-11H,12H2. The average Bonchev–Trinajstić information content (AvgIpc) is 3.26. The molecule has 0 bridgehead atoms. The topological polar surface area (TPSA) is 88.8 Å². The van der Waals surface area contributed by atoms with E-state index in [9.17, 15) is 21.6 Å². The second-order valence-corrected chi connectivity index (χ2v) is 9.91. The number of alkyl halides is 3. The Labute approximate surface area is 208 Å². The van der Waals surface area contributed by atoms with Gasteiger partial charge in [0.25, 0.3) is 5.60 Å². The van der Waals surface area contributed by atoms with Crippen LogP contribution in [0.2, 0.25) is 10.0 Å². The third kappa shape index (κ3) is 4.93. The fraction of sp³-hybridized carbons (Fsp3) is 0.130. The largest absolute Gasteiger partial charge is 0.435 e. The molecule has 0 saturated heterocycles. The summed E-state index contributed by atoms with van der Waals surface area (Å²) in [5, 5.41) is 12.5. The van der Waals surface area contributed by atoms with Gasteiger partial charge in [0.15, 0.2) is 0 Å². The highest BCUT2D eigenvalue weighted by Gasteiger charge is 2.62. The van der Waals surface area contributed by atoms with Crippen LogP contribution < -0.4 is 4.18 Å². The number of benzene rings is 3. The van der Waals surface area contributed by atoms with Crippen molar-refractivity contribution in [2.24, 2.45) is 5.16 Å². The SMILES string of the molecule is N#Cc1ccc(S(=O)(=O)Oc2ccc(C3=NOC(c4cc(Cl)cc(Cl)c4)(C(F)(F)F)C3)cc2)cc1. The predicted molar refractivity (Wildman–Crippen MR) is 122 cm³/mol. The molecule has 0 amide bonds. The van der Waals surface area contributed by atoms with Crippen LogP contribution in [0.4, 0.5) is 13.2 Å². The van der Waals surface area contributed by atoms with E-state index in [-0.39, 0.29) is 43.1 Å². The van der Waals surface area contributed by atoms with Crippen LogP contribution in [0.5, 0.6) is 5.75 Å². The van der Waals surface area contributed by atoms with Crippen LogP contribution in [-0.2, 0) is 20.6 Å². The van der Waals surface area contributed by atoms with E-state index in [0.29, 0.717) is 0 Å². The number of halogens is 5. The van der Waals surface area contributed by atoms with Crippen LogP contribution in [-0.4, -0.2) is 20.3 Å². The van der Waals surface area contributed by atoms with Gasteiger partial charge in [-0.25, -0.2) is 0 Å². The molecule has 0 aromatic heterocycles. The van der Waals surface area contributed by atoms with Crippen LogP contribution in [0.3, 0.4) is 0 Å². The van der Waals surface area contributed by atoms with Gasteiger partial charge in [0.1, 0.15) is 10.6 Å². The van der Waals surface area contributed by atoms with Crippen LogP contribution >= 0.6 is 23.2 Å². The zero-order valence-electron chi connectivity index (χ0n) is 17.4. The van der Waals surface area contributed by atoms with Crippen LogP contribution in [0, 0.1) is 11.3 Å². The van der Waals surface area contributed by atoms with Gasteiger partial charge in [-0.3, -0.25) is 0 Å². The summed E-state index contributed by atoms with van der Waals surface area (Å²) in [4.78, 5) is 4.79. The molecule has 0 spiro atoms. The van der Waals surface area contributed by atoms with Crippen molar-refractivity contribution in [1.82, 2.24) is 0 Å². The fourth-order valence-corrected chi connectivity index (χ4v) is 4.88. The van der Waals surface area contributed by atoms with Crippen LogP contribution in [0.15, 0.2) is 76.8 Å². The predicted octanol–water partition coefficient (Wildman–Crippen LogP) is 6.21. The second kappa shape index (κ2) is 9.07. The van der Waals surface area contributed by atoms with E-state index in [2.05, 4.69) is 5.16 Å². The number of rotatable bonds is 5. The Bertz CT molecular complexity index is 1430. The summed E-state index contributed by atoms with van der Waals surface area (Å²) in [5.41, 5.74) is -2.55. The molecule has 3 aromatic carbocycles. The van der Waals surface area contributed by atoms with E-state index < -0.39 is 28.3 Å². The molecule has 3 aromatic rings. The highest BCUT2D eigenvalue weighted by molar-refractivity contribution is 7.87. The molecule has 12 heteroatoms. The summed E-state index contributed by atoms with van der Waals surface area (Å²) < 4.78 is 72.4. The molecular weight excluding hydrogens is 528 g/mol. The van der Waals surface area contributed by atoms with Crippen molar-refractivity contribution in [3.8, 4) is 11.8 Å². The Morgan fingerprint density at radius 2 is 1.60 bits per heavy atom. The molecule has 6 nitrogen and oxygen atoms in total. The van der Waals surface area contributed by atoms with E-state index in [1.54, 1.807) is 0 Å². The van der Waals surface area contributed by atoms with Crippen molar-refractivity contribution >= 4 is 39.0 Å². The average molecular weight is 541 g/mol. The van der Waals surface area contributed by atoms with Gasteiger partial charge in [-0.15, -0.1) is 0 Å². The van der Waals surface area contributed by atoms with Gasteiger partial charge in [0.05, 0.1) is 17.3 Å². The first-order valence-corrected chi connectivity index (χ1v) is 11.9. The molecule has 1 unspecified atom stereocenters. The lowest BCUT2D eigenvalue weighted by Crippen LogP contribution is -2.42. The van der Waals surface area contributed by atoms with Gasteiger partial charge in [-0.2, -0.15) is 26.9 Å². The molecule has 1 heterocycles. The smallest absolute Gasteiger partial charge is 0.379 e. The van der Waals surface area contributed by atoms with Gasteiger partial charge in [0.2, 0.25) is 0 Å². The Balaban J connectivity index is 1.56. The molecule has 4 rings (SSSR count). The first-order chi connectivity index (χ1) is 16.4. The van der Waals surface area contributed by atoms with Crippen molar-refractivity contribution < 1.29 is 30.6 Å². The summed E-state index contributed by atoms with van der Waals surface area (Å²) in [6.07, 6.45) is -5.50. The number of hydrogen-bond acceptors (Lipinski definition) is 6. The number of hydrogen-bond donors (Lipinski definition) is 0. The lowest BCUT2D eigenvalue weighted by atomic mass is 9.86. The Kier molecular flexibility index (Phi) is 6.44. The molecule has 1 atom stereocenters. The van der Waals surface area contributed by atoms with Gasteiger partial charge in [-0.05, 0) is 72.3 Å². The molecule has 0 N–H and O–H groups in total. The van der Waals surface area contributed by atoms with Gasteiger partial charge >= 0.3 is 16.3 Å². The monoisotopic (exact) mass is 540 g/mol. The van der Waals surface area contributed by atoms with Gasteiger partial charge < -0.3 is 9.02 Å². The Morgan fingerprint density at radius 1 is 1.00 bits per heavy atom. The molecule has 1 aliphatic heterocycles. The van der Waals surface area contributed by atoms with E-state index in [0.717, 1.165) is 12.1 Å². The van der Waals surface area contributed by atoms with Gasteiger partial charge in [-0.1, -0.05) is 28.4 Å². The molecule has 35 heavy (non-hydrogen) atoms. The summed E-state index contributed by atoms with van der Waals surface area (Å²) >= 11 is 11.8. The number of oxime groups is 1. The lowest BCUT2D eigenvalue weighted by molar-refractivity contribution is -0.275. The lowest BCUT2D eigenvalue weighted by Gasteiger charge is -2.29. The first-order valence-electron chi connectivity index (χ1n) is 9.77. The number of nitrogens with zero attached hydrogens (tertiary/aromatic N) is 2. The Hall–Kier alpha value is -3.26. The maximum Gasteiger partial charge on any atom is 0.435 e. The minimum atomic E-state index is -4.84. The van der Waals surface area contributed by atoms with E-state index in [1.807, 2.05) is 6.07 Å². The second-order valence-electron chi connectivity index (χ2n) is 7.49. The Morgan fingerprint density at radius 3 is 2.14 bits per heavy atom. The molecule has 0 fully saturated rings. The molecule has 1 aliphatic rings. The van der Waals surface area contributed by atoms with Gasteiger partial charge in [0, 0.05) is 22.0 Å². The molecule has 0 radical (unpaired) electrons. The third-order valence-corrected chi connectivity index (χ3v) is 6.88. The summed E-state index contributed by atoms with van der Waals surface area (Å²) in [6, 6.07) is 15.8. The first kappa shape index (κ1) is 24.9. The quantitative estimate of drug-likeness (QED) is 0.358. The molecule has 0 saturated carbocycles. The maximum absolute atomic E-state index is 14.1. The normalized spacial score (nSPS) is 17.9. The highest BCUT2D eigenvalue weighted by Crippen LogP contribution is 2.49. The minimum absolute atomic E-state index is 0.0122. The summed E-state index contributed by atoms with van der Waals surface area (Å²) in [5.74, 6) is -0.0682. The fourth-order valence-electron chi connectivity index (χ4n) is 3.42. The molecule has 0 aliphatic carbocycles. The van der Waals surface area contributed by atoms with Crippen molar-refractivity contribution in [3.63, 3.8) is 0 Å². The maximum atomic E-state index is 14.1. The molecule has 180 valence electrons. The summed E-state index contributed by atoms with van der Waals surface area (Å²) in [6.45, 7) is 0.